The van der Waals surface area contributed by atoms with Crippen LogP contribution < -0.4 is 5.32 Å². The Labute approximate surface area is 139 Å². The van der Waals surface area contributed by atoms with Gasteiger partial charge in [0.1, 0.15) is 0 Å². The summed E-state index contributed by atoms with van der Waals surface area (Å²) in [5, 5.41) is 3.06. The molecule has 0 radical (unpaired) electrons. The van der Waals surface area contributed by atoms with E-state index in [9.17, 15) is 4.79 Å². The molecule has 0 heterocycles. The van der Waals surface area contributed by atoms with Gasteiger partial charge in [-0.15, -0.1) is 0 Å². The van der Waals surface area contributed by atoms with Gasteiger partial charge in [-0.25, -0.2) is 0 Å². The van der Waals surface area contributed by atoms with Gasteiger partial charge in [-0.3, -0.25) is 9.69 Å². The Hall–Kier alpha value is -2.13. The van der Waals surface area contributed by atoms with Crippen molar-refractivity contribution in [2.24, 2.45) is 0 Å². The van der Waals surface area contributed by atoms with Gasteiger partial charge in [0.15, 0.2) is 0 Å². The molecule has 0 saturated heterocycles. The van der Waals surface area contributed by atoms with E-state index in [1.54, 1.807) is 0 Å². The summed E-state index contributed by atoms with van der Waals surface area (Å²) in [4.78, 5) is 14.6. The fourth-order valence-corrected chi connectivity index (χ4v) is 2.70. The van der Waals surface area contributed by atoms with E-state index in [1.807, 2.05) is 44.2 Å². The Morgan fingerprint density at radius 2 is 1.57 bits per heavy atom. The topological polar surface area (TPSA) is 32.3 Å². The molecule has 1 N–H and O–H groups in total. The van der Waals surface area contributed by atoms with Crippen LogP contribution in [-0.2, 0) is 11.3 Å². The van der Waals surface area contributed by atoms with Crippen LogP contribution in [0.15, 0.2) is 42.5 Å². The first-order valence-corrected chi connectivity index (χ1v) is 8.14. The van der Waals surface area contributed by atoms with Gasteiger partial charge >= 0.3 is 0 Å². The third-order valence-corrected chi connectivity index (χ3v) is 4.22. The molecule has 1 amide bonds. The molecule has 0 aliphatic rings. The Morgan fingerprint density at radius 1 is 0.957 bits per heavy atom. The van der Waals surface area contributed by atoms with Crippen LogP contribution >= 0.6 is 0 Å². The molecule has 0 unspecified atom stereocenters. The summed E-state index contributed by atoms with van der Waals surface area (Å²) in [6.07, 6.45) is 0. The van der Waals surface area contributed by atoms with Crippen molar-refractivity contribution >= 4 is 11.6 Å². The lowest BCUT2D eigenvalue weighted by molar-refractivity contribution is -0.117. The highest BCUT2D eigenvalue weighted by Crippen LogP contribution is 2.19. The van der Waals surface area contributed by atoms with Crippen molar-refractivity contribution in [1.82, 2.24) is 4.90 Å². The van der Waals surface area contributed by atoms with Crippen LogP contribution in [0.4, 0.5) is 5.69 Å². The Bertz CT molecular complexity index is 659. The summed E-state index contributed by atoms with van der Waals surface area (Å²) in [5.74, 6) is 0.0397. The summed E-state index contributed by atoms with van der Waals surface area (Å²) >= 11 is 0. The molecule has 0 atom stereocenters. The zero-order chi connectivity index (χ0) is 16.8. The largest absolute Gasteiger partial charge is 0.324 e. The fourth-order valence-electron chi connectivity index (χ4n) is 2.70. The van der Waals surface area contributed by atoms with Gasteiger partial charge in [-0.1, -0.05) is 49.4 Å². The number of hydrogen-bond acceptors (Lipinski definition) is 2. The van der Waals surface area contributed by atoms with E-state index in [0.29, 0.717) is 6.54 Å². The molecule has 2 aromatic rings. The number of nitrogens with one attached hydrogen (secondary N) is 1. The highest BCUT2D eigenvalue weighted by molar-refractivity contribution is 5.93. The van der Waals surface area contributed by atoms with Crippen molar-refractivity contribution < 1.29 is 4.79 Å². The van der Waals surface area contributed by atoms with Crippen LogP contribution in [0.5, 0.6) is 0 Å². The summed E-state index contributed by atoms with van der Waals surface area (Å²) in [7, 11) is 0. The van der Waals surface area contributed by atoms with Gasteiger partial charge in [-0.05, 0) is 49.6 Å². The van der Waals surface area contributed by atoms with Gasteiger partial charge in [0, 0.05) is 12.2 Å². The SMILES string of the molecule is CCN(CC(=O)Nc1c(C)cccc1C)Cc1ccccc1C. The second-order valence-corrected chi connectivity index (χ2v) is 6.04. The molecular weight excluding hydrogens is 284 g/mol. The molecule has 0 spiro atoms. The first-order chi connectivity index (χ1) is 11.0. The smallest absolute Gasteiger partial charge is 0.238 e. The van der Waals surface area contributed by atoms with Crippen molar-refractivity contribution in [3.8, 4) is 0 Å². The summed E-state index contributed by atoms with van der Waals surface area (Å²) in [5.41, 5.74) is 5.67. The highest BCUT2D eigenvalue weighted by Gasteiger charge is 2.12. The number of carbonyl (C=O) groups is 1. The van der Waals surface area contributed by atoms with Gasteiger partial charge in [0.05, 0.1) is 6.54 Å². The average molecular weight is 310 g/mol. The van der Waals surface area contributed by atoms with E-state index in [1.165, 1.54) is 11.1 Å². The molecule has 3 heteroatoms. The van der Waals surface area contributed by atoms with Crippen LogP contribution in [0.25, 0.3) is 0 Å². The van der Waals surface area contributed by atoms with Crippen molar-refractivity contribution in [2.75, 3.05) is 18.4 Å². The molecule has 0 aliphatic carbocycles. The van der Waals surface area contributed by atoms with Gasteiger partial charge in [0.25, 0.3) is 0 Å². The van der Waals surface area contributed by atoms with Gasteiger partial charge < -0.3 is 5.32 Å². The Kier molecular flexibility index (Phi) is 5.94. The lowest BCUT2D eigenvalue weighted by atomic mass is 10.1. The van der Waals surface area contributed by atoms with Crippen LogP contribution in [0.2, 0.25) is 0 Å². The van der Waals surface area contributed by atoms with E-state index >= 15 is 0 Å². The lowest BCUT2D eigenvalue weighted by Gasteiger charge is -2.21. The molecule has 0 bridgehead atoms. The summed E-state index contributed by atoms with van der Waals surface area (Å²) in [6, 6.07) is 14.4. The molecule has 0 fully saturated rings. The third-order valence-electron chi connectivity index (χ3n) is 4.22. The number of carbonyl (C=O) groups excluding carboxylic acids is 1. The van der Waals surface area contributed by atoms with Crippen molar-refractivity contribution in [1.29, 1.82) is 0 Å². The molecule has 0 saturated carbocycles. The summed E-state index contributed by atoms with van der Waals surface area (Å²) in [6.45, 7) is 10.3. The minimum Gasteiger partial charge on any atom is -0.324 e. The molecule has 0 aromatic heterocycles. The number of benzene rings is 2. The molecule has 2 rings (SSSR count). The number of amides is 1. The third kappa shape index (κ3) is 4.67. The van der Waals surface area contributed by atoms with E-state index < -0.39 is 0 Å². The minimum atomic E-state index is 0.0397. The maximum absolute atomic E-state index is 12.4. The second-order valence-electron chi connectivity index (χ2n) is 6.04. The van der Waals surface area contributed by atoms with E-state index in [2.05, 4.69) is 36.2 Å². The van der Waals surface area contributed by atoms with E-state index in [0.717, 1.165) is 29.9 Å². The minimum absolute atomic E-state index is 0.0397. The number of aryl methyl sites for hydroxylation is 3. The maximum atomic E-state index is 12.4. The van der Waals surface area contributed by atoms with Crippen molar-refractivity contribution in [3.05, 3.63) is 64.7 Å². The number of hydrogen-bond donors (Lipinski definition) is 1. The summed E-state index contributed by atoms with van der Waals surface area (Å²) < 4.78 is 0. The standard InChI is InChI=1S/C20H26N2O/c1-5-22(13-18-12-7-6-9-15(18)2)14-19(23)21-20-16(3)10-8-11-17(20)4/h6-12H,5,13-14H2,1-4H3,(H,21,23). The average Bonchev–Trinajstić information content (AvgIpc) is 2.52. The highest BCUT2D eigenvalue weighted by atomic mass is 16.2. The number of anilines is 1. The van der Waals surface area contributed by atoms with Crippen LogP contribution in [-0.4, -0.2) is 23.9 Å². The zero-order valence-corrected chi connectivity index (χ0v) is 14.5. The predicted molar refractivity (Wildman–Crippen MR) is 96.7 cm³/mol. The van der Waals surface area contributed by atoms with Crippen LogP contribution in [0.1, 0.15) is 29.2 Å². The second kappa shape index (κ2) is 7.93. The number of likely N-dealkylation sites (N-methyl/N-ethyl adjacent to an activating group) is 1. The molecular formula is C20H26N2O. The molecule has 0 aliphatic heterocycles. The first-order valence-electron chi connectivity index (χ1n) is 8.14. The first kappa shape index (κ1) is 17.2. The fraction of sp³-hybridized carbons (Fsp3) is 0.350. The normalized spacial score (nSPS) is 10.8. The van der Waals surface area contributed by atoms with Crippen LogP contribution in [0.3, 0.4) is 0 Å². The Morgan fingerprint density at radius 3 is 2.17 bits per heavy atom. The van der Waals surface area contributed by atoms with E-state index in [4.69, 9.17) is 0 Å². The van der Waals surface area contributed by atoms with Gasteiger partial charge in [-0.2, -0.15) is 0 Å². The molecule has 2 aromatic carbocycles. The Balaban J connectivity index is 2.01. The van der Waals surface area contributed by atoms with E-state index in [-0.39, 0.29) is 5.91 Å². The monoisotopic (exact) mass is 310 g/mol. The molecule has 122 valence electrons. The van der Waals surface area contributed by atoms with Crippen LogP contribution in [0, 0.1) is 20.8 Å². The molecule has 3 nitrogen and oxygen atoms in total. The van der Waals surface area contributed by atoms with Crippen molar-refractivity contribution in [3.63, 3.8) is 0 Å². The van der Waals surface area contributed by atoms with Crippen molar-refractivity contribution in [2.45, 2.75) is 34.2 Å². The van der Waals surface area contributed by atoms with Gasteiger partial charge in [0.2, 0.25) is 5.91 Å². The lowest BCUT2D eigenvalue weighted by Crippen LogP contribution is -2.33. The number of para-hydroxylation sites is 1. The number of nitrogens with zero attached hydrogens (tertiary/aromatic N) is 1. The quantitative estimate of drug-likeness (QED) is 0.872. The predicted octanol–water partition coefficient (Wildman–Crippen LogP) is 4.07. The zero-order valence-electron chi connectivity index (χ0n) is 14.5. The number of rotatable bonds is 6. The maximum Gasteiger partial charge on any atom is 0.238 e. The molecule has 23 heavy (non-hydrogen) atoms.